The van der Waals surface area contributed by atoms with Gasteiger partial charge in [0.25, 0.3) is 0 Å². The predicted octanol–water partition coefficient (Wildman–Crippen LogP) is 4.08. The van der Waals surface area contributed by atoms with Crippen LogP contribution < -0.4 is 0 Å². The van der Waals surface area contributed by atoms with Crippen LogP contribution in [0, 0.1) is 0 Å². The highest BCUT2D eigenvalue weighted by Gasteiger charge is 2.21. The van der Waals surface area contributed by atoms with Crippen LogP contribution in [0.1, 0.15) is 26.3 Å². The molecule has 0 atom stereocenters. The molecule has 0 amide bonds. The Morgan fingerprint density at radius 1 is 1.05 bits per heavy atom. The highest BCUT2D eigenvalue weighted by atomic mass is 35.5. The van der Waals surface area contributed by atoms with Crippen LogP contribution in [0.25, 0.3) is 16.7 Å². The lowest BCUT2D eigenvalue weighted by Gasteiger charge is -2.21. The SMILES string of the molecule is CC(C)(C)c1cccc(-n2nc3ccc(Cl)cc3n2)c1O. The van der Waals surface area contributed by atoms with Gasteiger partial charge < -0.3 is 5.11 Å². The number of aromatic nitrogens is 3. The van der Waals surface area contributed by atoms with Gasteiger partial charge in [-0.3, -0.25) is 0 Å². The number of halogens is 1. The molecule has 0 fully saturated rings. The van der Waals surface area contributed by atoms with Crippen molar-refractivity contribution in [1.82, 2.24) is 15.0 Å². The molecule has 1 N–H and O–H groups in total. The van der Waals surface area contributed by atoms with E-state index in [9.17, 15) is 5.11 Å². The third kappa shape index (κ3) is 2.47. The molecule has 4 nitrogen and oxygen atoms in total. The average molecular weight is 302 g/mol. The van der Waals surface area contributed by atoms with Crippen LogP contribution >= 0.6 is 11.6 Å². The Labute approximate surface area is 128 Å². The zero-order valence-electron chi connectivity index (χ0n) is 12.1. The van der Waals surface area contributed by atoms with Crippen LogP contribution in [0.2, 0.25) is 5.02 Å². The van der Waals surface area contributed by atoms with Crippen LogP contribution in [-0.2, 0) is 5.41 Å². The van der Waals surface area contributed by atoms with Crippen molar-refractivity contribution >= 4 is 22.6 Å². The number of hydrogen-bond donors (Lipinski definition) is 1. The first-order valence-corrected chi connectivity index (χ1v) is 7.09. The van der Waals surface area contributed by atoms with E-state index >= 15 is 0 Å². The summed E-state index contributed by atoms with van der Waals surface area (Å²) in [5.41, 5.74) is 2.70. The van der Waals surface area contributed by atoms with Crippen LogP contribution in [0.4, 0.5) is 0 Å². The van der Waals surface area contributed by atoms with E-state index in [1.54, 1.807) is 18.2 Å². The molecular formula is C16H16ClN3O. The molecule has 2 aromatic carbocycles. The fourth-order valence-electron chi connectivity index (χ4n) is 2.29. The number of aromatic hydroxyl groups is 1. The fraction of sp³-hybridized carbons (Fsp3) is 0.250. The summed E-state index contributed by atoms with van der Waals surface area (Å²) in [6.07, 6.45) is 0. The predicted molar refractivity (Wildman–Crippen MR) is 84.2 cm³/mol. The summed E-state index contributed by atoms with van der Waals surface area (Å²) < 4.78 is 0. The van der Waals surface area contributed by atoms with E-state index < -0.39 is 0 Å². The van der Waals surface area contributed by atoms with Gasteiger partial charge in [0.15, 0.2) is 0 Å². The second kappa shape index (κ2) is 4.74. The largest absolute Gasteiger partial charge is 0.505 e. The minimum absolute atomic E-state index is 0.157. The van der Waals surface area contributed by atoms with Gasteiger partial charge in [-0.25, -0.2) is 0 Å². The Morgan fingerprint density at radius 3 is 2.48 bits per heavy atom. The highest BCUT2D eigenvalue weighted by Crippen LogP contribution is 2.34. The summed E-state index contributed by atoms with van der Waals surface area (Å²) in [5.74, 6) is 0.205. The van der Waals surface area contributed by atoms with Crippen molar-refractivity contribution in [3.8, 4) is 11.4 Å². The maximum Gasteiger partial charge on any atom is 0.146 e. The van der Waals surface area contributed by atoms with Crippen LogP contribution in [0.3, 0.4) is 0 Å². The van der Waals surface area contributed by atoms with Crippen molar-refractivity contribution in [1.29, 1.82) is 0 Å². The molecule has 0 radical (unpaired) electrons. The molecule has 0 saturated heterocycles. The number of phenolic OH excluding ortho intramolecular Hbond substituents is 1. The summed E-state index contributed by atoms with van der Waals surface area (Å²) in [7, 11) is 0. The van der Waals surface area contributed by atoms with Gasteiger partial charge in [0.1, 0.15) is 22.5 Å². The molecule has 0 spiro atoms. The quantitative estimate of drug-likeness (QED) is 0.737. The Balaban J connectivity index is 2.19. The zero-order chi connectivity index (χ0) is 15.2. The molecular weight excluding hydrogens is 286 g/mol. The first kappa shape index (κ1) is 13.9. The van der Waals surface area contributed by atoms with E-state index in [0.717, 1.165) is 11.1 Å². The molecule has 0 aliphatic heterocycles. The monoisotopic (exact) mass is 301 g/mol. The second-order valence-electron chi connectivity index (χ2n) is 6.05. The first-order valence-electron chi connectivity index (χ1n) is 6.72. The lowest BCUT2D eigenvalue weighted by molar-refractivity contribution is 0.440. The van der Waals surface area contributed by atoms with Crippen molar-refractivity contribution < 1.29 is 5.11 Å². The highest BCUT2D eigenvalue weighted by molar-refractivity contribution is 6.31. The van der Waals surface area contributed by atoms with Gasteiger partial charge in [0, 0.05) is 10.6 Å². The third-order valence-electron chi connectivity index (χ3n) is 3.38. The van der Waals surface area contributed by atoms with Crippen molar-refractivity contribution in [3.05, 3.63) is 47.0 Å². The Kier molecular flexibility index (Phi) is 3.14. The molecule has 0 unspecified atom stereocenters. The average Bonchev–Trinajstić information content (AvgIpc) is 2.80. The van der Waals surface area contributed by atoms with Crippen molar-refractivity contribution in [2.75, 3.05) is 0 Å². The number of fused-ring (bicyclic) bond motifs is 1. The smallest absolute Gasteiger partial charge is 0.146 e. The maximum atomic E-state index is 10.5. The molecule has 0 aliphatic rings. The molecule has 3 aromatic rings. The minimum atomic E-state index is -0.157. The van der Waals surface area contributed by atoms with Crippen molar-refractivity contribution in [3.63, 3.8) is 0 Å². The molecule has 0 saturated carbocycles. The molecule has 21 heavy (non-hydrogen) atoms. The van der Waals surface area contributed by atoms with Crippen LogP contribution in [-0.4, -0.2) is 20.1 Å². The summed E-state index contributed by atoms with van der Waals surface area (Å²) in [4.78, 5) is 1.45. The van der Waals surface area contributed by atoms with E-state index in [0.29, 0.717) is 16.2 Å². The van der Waals surface area contributed by atoms with Crippen LogP contribution in [0.15, 0.2) is 36.4 Å². The van der Waals surface area contributed by atoms with Gasteiger partial charge in [-0.15, -0.1) is 15.0 Å². The molecule has 1 heterocycles. The first-order chi connectivity index (χ1) is 9.86. The molecule has 1 aromatic heterocycles. The number of nitrogens with zero attached hydrogens (tertiary/aromatic N) is 3. The molecule has 0 bridgehead atoms. The number of benzene rings is 2. The molecule has 3 rings (SSSR count). The van der Waals surface area contributed by atoms with Gasteiger partial charge in [-0.05, 0) is 29.7 Å². The summed E-state index contributed by atoms with van der Waals surface area (Å²) in [6, 6.07) is 11.0. The van der Waals surface area contributed by atoms with Gasteiger partial charge in [-0.2, -0.15) is 0 Å². The molecule has 0 aliphatic carbocycles. The van der Waals surface area contributed by atoms with Crippen LogP contribution in [0.5, 0.6) is 5.75 Å². The number of rotatable bonds is 1. The van der Waals surface area contributed by atoms with E-state index in [2.05, 4.69) is 31.0 Å². The molecule has 5 heteroatoms. The third-order valence-corrected chi connectivity index (χ3v) is 3.62. The standard InChI is InChI=1S/C16H16ClN3O/c1-16(2,3)11-5-4-6-14(15(11)21)20-18-12-8-7-10(17)9-13(12)19-20/h4-9,21H,1-3H3. The lowest BCUT2D eigenvalue weighted by atomic mass is 9.86. The summed E-state index contributed by atoms with van der Waals surface area (Å²) >= 11 is 5.96. The van der Waals surface area contributed by atoms with Gasteiger partial charge in [0.05, 0.1) is 0 Å². The minimum Gasteiger partial charge on any atom is -0.505 e. The van der Waals surface area contributed by atoms with E-state index in [1.807, 2.05) is 18.2 Å². The molecule has 108 valence electrons. The Morgan fingerprint density at radius 2 is 1.76 bits per heavy atom. The Hall–Kier alpha value is -2.07. The van der Waals surface area contributed by atoms with E-state index in [1.165, 1.54) is 4.80 Å². The van der Waals surface area contributed by atoms with Gasteiger partial charge in [-0.1, -0.05) is 44.5 Å². The van der Waals surface area contributed by atoms with Crippen molar-refractivity contribution in [2.45, 2.75) is 26.2 Å². The van der Waals surface area contributed by atoms with Gasteiger partial charge in [0.2, 0.25) is 0 Å². The Bertz CT molecular complexity index is 818. The number of phenols is 1. The maximum absolute atomic E-state index is 10.5. The summed E-state index contributed by atoms with van der Waals surface area (Å²) in [6.45, 7) is 6.16. The van der Waals surface area contributed by atoms with Crippen molar-refractivity contribution in [2.24, 2.45) is 0 Å². The lowest BCUT2D eigenvalue weighted by Crippen LogP contribution is -2.12. The van der Waals surface area contributed by atoms with E-state index in [4.69, 9.17) is 11.6 Å². The van der Waals surface area contributed by atoms with Gasteiger partial charge >= 0.3 is 0 Å². The van der Waals surface area contributed by atoms with E-state index in [-0.39, 0.29) is 11.2 Å². The second-order valence-corrected chi connectivity index (χ2v) is 6.48. The zero-order valence-corrected chi connectivity index (χ0v) is 12.9. The normalized spacial score (nSPS) is 12.0. The topological polar surface area (TPSA) is 50.9 Å². The fourth-order valence-corrected chi connectivity index (χ4v) is 2.46. The number of para-hydroxylation sites is 1. The summed E-state index contributed by atoms with van der Waals surface area (Å²) in [5, 5.41) is 19.9. The number of hydrogen-bond acceptors (Lipinski definition) is 3.